The molecule has 0 N–H and O–H groups in total. The SMILES string of the molecule is C=CCOC(=O)C(/C=C(\OC)C1=Cc2ccccc2N(Cc2ccc(C)cc2)C1c1ccc(C)cc1)C(=O)OCC=C. The molecule has 42 heavy (non-hydrogen) atoms. The number of carbonyl (C=O) groups excluding carboxylic acids is 2. The zero-order valence-electron chi connectivity index (χ0n) is 24.4. The first-order valence-corrected chi connectivity index (χ1v) is 13.9. The Morgan fingerprint density at radius 1 is 0.857 bits per heavy atom. The Balaban J connectivity index is 1.88. The fraction of sp³-hybridized carbons (Fsp3) is 0.222. The van der Waals surface area contributed by atoms with Crippen LogP contribution < -0.4 is 4.90 Å². The van der Waals surface area contributed by atoms with Gasteiger partial charge in [-0.25, -0.2) is 0 Å². The van der Waals surface area contributed by atoms with Crippen LogP contribution in [-0.2, 0) is 30.3 Å². The van der Waals surface area contributed by atoms with Crippen molar-refractivity contribution in [3.8, 4) is 0 Å². The number of carbonyl (C=O) groups is 2. The van der Waals surface area contributed by atoms with E-state index in [4.69, 9.17) is 14.2 Å². The second-order valence-electron chi connectivity index (χ2n) is 10.1. The number of para-hydroxylation sites is 1. The number of rotatable bonds is 12. The van der Waals surface area contributed by atoms with Crippen molar-refractivity contribution in [2.24, 2.45) is 5.92 Å². The van der Waals surface area contributed by atoms with E-state index in [9.17, 15) is 9.59 Å². The number of hydrogen-bond donors (Lipinski definition) is 0. The third-order valence-electron chi connectivity index (χ3n) is 7.05. The van der Waals surface area contributed by atoms with Crippen molar-refractivity contribution in [1.82, 2.24) is 0 Å². The van der Waals surface area contributed by atoms with Gasteiger partial charge in [0.15, 0.2) is 5.92 Å². The first-order chi connectivity index (χ1) is 20.4. The molecule has 4 rings (SSSR count). The van der Waals surface area contributed by atoms with Crippen LogP contribution in [0.15, 0.2) is 116 Å². The molecule has 6 nitrogen and oxygen atoms in total. The van der Waals surface area contributed by atoms with E-state index in [2.05, 4.69) is 92.6 Å². The maximum Gasteiger partial charge on any atom is 0.324 e. The molecule has 1 unspecified atom stereocenters. The molecule has 0 amide bonds. The summed E-state index contributed by atoms with van der Waals surface area (Å²) in [4.78, 5) is 28.4. The summed E-state index contributed by atoms with van der Waals surface area (Å²) in [6, 6.07) is 24.7. The average Bonchev–Trinajstić information content (AvgIpc) is 3.00. The van der Waals surface area contributed by atoms with Crippen LogP contribution in [0, 0.1) is 19.8 Å². The van der Waals surface area contributed by atoms with Crippen LogP contribution >= 0.6 is 0 Å². The Morgan fingerprint density at radius 3 is 2.00 bits per heavy atom. The minimum atomic E-state index is -1.35. The van der Waals surface area contributed by atoms with Gasteiger partial charge in [-0.2, -0.15) is 0 Å². The highest BCUT2D eigenvalue weighted by Gasteiger charge is 2.35. The van der Waals surface area contributed by atoms with E-state index in [0.717, 1.165) is 33.5 Å². The molecule has 0 bridgehead atoms. The van der Waals surface area contributed by atoms with Gasteiger partial charge in [-0.15, -0.1) is 0 Å². The lowest BCUT2D eigenvalue weighted by atomic mass is 9.87. The van der Waals surface area contributed by atoms with Gasteiger partial charge in [0, 0.05) is 17.8 Å². The number of esters is 2. The van der Waals surface area contributed by atoms with Crippen LogP contribution in [0.25, 0.3) is 6.08 Å². The lowest BCUT2D eigenvalue weighted by molar-refractivity contribution is -0.158. The molecular weight excluding hydrogens is 526 g/mol. The number of fused-ring (bicyclic) bond motifs is 1. The van der Waals surface area contributed by atoms with Gasteiger partial charge in [0.1, 0.15) is 19.0 Å². The number of ether oxygens (including phenoxy) is 3. The summed E-state index contributed by atoms with van der Waals surface area (Å²) in [5.74, 6) is -2.47. The molecule has 3 aromatic rings. The Hall–Kier alpha value is -4.84. The number of benzene rings is 3. The molecule has 0 saturated heterocycles. The molecule has 1 aliphatic heterocycles. The van der Waals surface area contributed by atoms with E-state index in [1.807, 2.05) is 18.2 Å². The van der Waals surface area contributed by atoms with Crippen LogP contribution in [0.4, 0.5) is 5.69 Å². The summed E-state index contributed by atoms with van der Waals surface area (Å²) < 4.78 is 16.5. The molecule has 0 radical (unpaired) electrons. The van der Waals surface area contributed by atoms with Crippen LogP contribution in [0.1, 0.15) is 33.9 Å². The van der Waals surface area contributed by atoms with Crippen molar-refractivity contribution in [3.63, 3.8) is 0 Å². The van der Waals surface area contributed by atoms with Crippen molar-refractivity contribution < 1.29 is 23.8 Å². The predicted molar refractivity (Wildman–Crippen MR) is 167 cm³/mol. The highest BCUT2D eigenvalue weighted by atomic mass is 16.6. The van der Waals surface area contributed by atoms with E-state index in [-0.39, 0.29) is 19.3 Å². The lowest BCUT2D eigenvalue weighted by Gasteiger charge is -2.40. The molecule has 0 spiro atoms. The van der Waals surface area contributed by atoms with Crippen molar-refractivity contribution >= 4 is 23.7 Å². The van der Waals surface area contributed by atoms with E-state index >= 15 is 0 Å². The molecule has 1 aliphatic rings. The maximum atomic E-state index is 13.0. The smallest absolute Gasteiger partial charge is 0.324 e. The number of nitrogens with zero attached hydrogens (tertiary/aromatic N) is 1. The summed E-state index contributed by atoms with van der Waals surface area (Å²) >= 11 is 0. The minimum Gasteiger partial charge on any atom is -0.497 e. The van der Waals surface area contributed by atoms with E-state index in [0.29, 0.717) is 12.3 Å². The average molecular weight is 564 g/mol. The fourth-order valence-corrected chi connectivity index (χ4v) is 4.93. The Morgan fingerprint density at radius 2 is 1.43 bits per heavy atom. The monoisotopic (exact) mass is 563 g/mol. The highest BCUT2D eigenvalue weighted by molar-refractivity contribution is 5.97. The summed E-state index contributed by atoms with van der Waals surface area (Å²) in [5, 5.41) is 0. The van der Waals surface area contributed by atoms with Crippen molar-refractivity contribution in [2.45, 2.75) is 26.4 Å². The molecule has 0 saturated carbocycles. The van der Waals surface area contributed by atoms with Crippen molar-refractivity contribution in [3.05, 3.63) is 143 Å². The second kappa shape index (κ2) is 14.2. The van der Waals surface area contributed by atoms with Crippen LogP contribution in [-0.4, -0.2) is 32.3 Å². The normalized spacial score (nSPS) is 14.5. The highest BCUT2D eigenvalue weighted by Crippen LogP contribution is 2.44. The second-order valence-corrected chi connectivity index (χ2v) is 10.1. The molecule has 0 aromatic heterocycles. The van der Waals surface area contributed by atoms with Gasteiger partial charge < -0.3 is 19.1 Å². The third-order valence-corrected chi connectivity index (χ3v) is 7.05. The summed E-state index contributed by atoms with van der Waals surface area (Å²) in [5.41, 5.74) is 7.37. The molecule has 6 heteroatoms. The van der Waals surface area contributed by atoms with Gasteiger partial charge in [-0.05, 0) is 48.8 Å². The van der Waals surface area contributed by atoms with Gasteiger partial charge >= 0.3 is 11.9 Å². The summed E-state index contributed by atoms with van der Waals surface area (Å²) in [6.45, 7) is 11.9. The van der Waals surface area contributed by atoms with Gasteiger partial charge in [-0.1, -0.05) is 103 Å². The molecule has 1 heterocycles. The van der Waals surface area contributed by atoms with E-state index in [1.54, 1.807) is 0 Å². The van der Waals surface area contributed by atoms with E-state index < -0.39 is 17.9 Å². The molecule has 3 aromatic carbocycles. The predicted octanol–water partition coefficient (Wildman–Crippen LogP) is 7.05. The zero-order chi connectivity index (χ0) is 30.1. The van der Waals surface area contributed by atoms with Gasteiger partial charge in [0.2, 0.25) is 0 Å². The maximum absolute atomic E-state index is 13.0. The molecular formula is C36H37NO5. The van der Waals surface area contributed by atoms with Gasteiger partial charge in [0.05, 0.1) is 13.2 Å². The Bertz CT molecular complexity index is 1460. The number of anilines is 1. The van der Waals surface area contributed by atoms with Crippen LogP contribution in [0.5, 0.6) is 0 Å². The molecule has 216 valence electrons. The van der Waals surface area contributed by atoms with Crippen LogP contribution in [0.3, 0.4) is 0 Å². The molecule has 0 aliphatic carbocycles. The number of hydrogen-bond acceptors (Lipinski definition) is 6. The first-order valence-electron chi connectivity index (χ1n) is 13.9. The number of methoxy groups -OCH3 is 1. The summed E-state index contributed by atoms with van der Waals surface area (Å²) in [6.07, 6.45) is 6.44. The minimum absolute atomic E-state index is 0.0351. The quantitative estimate of drug-likeness (QED) is 0.102. The zero-order valence-corrected chi connectivity index (χ0v) is 24.4. The van der Waals surface area contributed by atoms with Gasteiger partial charge in [0.25, 0.3) is 0 Å². The third kappa shape index (κ3) is 7.07. The molecule has 0 fully saturated rings. The Labute approximate surface area is 248 Å². The van der Waals surface area contributed by atoms with E-state index in [1.165, 1.54) is 30.9 Å². The first kappa shape index (κ1) is 30.1. The summed E-state index contributed by atoms with van der Waals surface area (Å²) in [7, 11) is 1.53. The Kier molecular flexibility index (Phi) is 10.2. The van der Waals surface area contributed by atoms with Crippen molar-refractivity contribution in [2.75, 3.05) is 25.2 Å². The topological polar surface area (TPSA) is 65.1 Å². The van der Waals surface area contributed by atoms with Gasteiger partial charge in [-0.3, -0.25) is 9.59 Å². The largest absolute Gasteiger partial charge is 0.497 e. The standard InChI is InChI=1S/C36H37NO5/c1-6-20-41-35(38)31(36(39)42-21-7-2)23-33(40-5)30-22-29-10-8-9-11-32(29)37(24-27-16-12-25(3)13-17-27)34(30)28-18-14-26(4)15-19-28/h6-19,22-23,31,34H,1-2,20-21,24H2,3-5H3/b33-23-. The lowest BCUT2D eigenvalue weighted by Crippen LogP contribution is -2.34. The fourth-order valence-electron chi connectivity index (χ4n) is 4.93. The van der Waals surface area contributed by atoms with Crippen LogP contribution in [0.2, 0.25) is 0 Å². The number of aryl methyl sites for hydroxylation is 2. The molecule has 1 atom stereocenters. The van der Waals surface area contributed by atoms with Crippen molar-refractivity contribution in [1.29, 1.82) is 0 Å².